The molecular formula is C17H20F2N2O2. The summed E-state index contributed by atoms with van der Waals surface area (Å²) in [5.41, 5.74) is 2.23. The summed E-state index contributed by atoms with van der Waals surface area (Å²) in [4.78, 5) is 6.02. The largest absolute Gasteiger partial charge is 0.395 e. The predicted octanol–water partition coefficient (Wildman–Crippen LogP) is 2.20. The van der Waals surface area contributed by atoms with Crippen LogP contribution in [0.5, 0.6) is 0 Å². The van der Waals surface area contributed by atoms with Gasteiger partial charge in [-0.1, -0.05) is 12.1 Å². The molecule has 4 nitrogen and oxygen atoms in total. The molecule has 0 saturated heterocycles. The van der Waals surface area contributed by atoms with Crippen LogP contribution in [0.15, 0.2) is 36.5 Å². The minimum absolute atomic E-state index is 0.112. The molecule has 1 aromatic carbocycles. The van der Waals surface area contributed by atoms with E-state index in [2.05, 4.69) is 4.98 Å². The van der Waals surface area contributed by atoms with E-state index in [0.29, 0.717) is 5.56 Å². The molecule has 0 bridgehead atoms. The summed E-state index contributed by atoms with van der Waals surface area (Å²) >= 11 is 0. The van der Waals surface area contributed by atoms with Gasteiger partial charge in [-0.05, 0) is 36.2 Å². The van der Waals surface area contributed by atoms with Gasteiger partial charge >= 0.3 is 0 Å². The number of hydrogen-bond donors (Lipinski definition) is 2. The summed E-state index contributed by atoms with van der Waals surface area (Å²) in [6, 6.07) is 7.00. The average molecular weight is 322 g/mol. The van der Waals surface area contributed by atoms with Crippen LogP contribution in [0.1, 0.15) is 22.9 Å². The standard InChI is InChI=1S/C17H20F2N2O2/c1-12-2-4-14(9-20-12)17(11-23)21(6-7-22)10-13-3-5-15(18)16(19)8-13/h2-5,8-9,17,22-23H,6-7,10-11H2,1H3. The van der Waals surface area contributed by atoms with Gasteiger partial charge in [0.2, 0.25) is 0 Å². The molecule has 2 aromatic rings. The summed E-state index contributed by atoms with van der Waals surface area (Å²) < 4.78 is 26.4. The van der Waals surface area contributed by atoms with E-state index in [0.717, 1.165) is 23.4 Å². The molecule has 0 saturated carbocycles. The zero-order valence-corrected chi connectivity index (χ0v) is 12.9. The van der Waals surface area contributed by atoms with Crippen molar-refractivity contribution in [1.82, 2.24) is 9.88 Å². The van der Waals surface area contributed by atoms with Gasteiger partial charge in [-0.25, -0.2) is 8.78 Å². The fourth-order valence-electron chi connectivity index (χ4n) is 2.45. The molecule has 0 amide bonds. The van der Waals surface area contributed by atoms with Crippen molar-refractivity contribution in [3.05, 3.63) is 65.0 Å². The van der Waals surface area contributed by atoms with Crippen molar-refractivity contribution >= 4 is 0 Å². The second-order valence-electron chi connectivity index (χ2n) is 5.37. The molecule has 124 valence electrons. The van der Waals surface area contributed by atoms with Crippen LogP contribution in [0.25, 0.3) is 0 Å². The van der Waals surface area contributed by atoms with Gasteiger partial charge in [0.1, 0.15) is 0 Å². The zero-order valence-electron chi connectivity index (χ0n) is 12.9. The Kier molecular flexibility index (Phi) is 6.15. The van der Waals surface area contributed by atoms with Gasteiger partial charge in [-0.3, -0.25) is 9.88 Å². The van der Waals surface area contributed by atoms with E-state index in [4.69, 9.17) is 0 Å². The molecule has 1 atom stereocenters. The number of aliphatic hydroxyl groups is 2. The Morgan fingerprint density at radius 1 is 1.13 bits per heavy atom. The summed E-state index contributed by atoms with van der Waals surface area (Å²) in [6.45, 7) is 2.15. The Morgan fingerprint density at radius 2 is 1.91 bits per heavy atom. The Hall–Kier alpha value is -1.89. The lowest BCUT2D eigenvalue weighted by Crippen LogP contribution is -2.33. The summed E-state index contributed by atoms with van der Waals surface area (Å²) in [6.07, 6.45) is 1.67. The third-order valence-electron chi connectivity index (χ3n) is 3.69. The number of nitrogens with zero attached hydrogens (tertiary/aromatic N) is 2. The van der Waals surface area contributed by atoms with Crippen LogP contribution in [0.3, 0.4) is 0 Å². The number of pyridine rings is 1. The van der Waals surface area contributed by atoms with Crippen LogP contribution in [0, 0.1) is 18.6 Å². The molecule has 1 unspecified atom stereocenters. The molecule has 23 heavy (non-hydrogen) atoms. The van der Waals surface area contributed by atoms with Crippen molar-refractivity contribution in [3.8, 4) is 0 Å². The molecule has 0 fully saturated rings. The minimum Gasteiger partial charge on any atom is -0.395 e. The molecule has 0 aliphatic heterocycles. The number of benzene rings is 1. The highest BCUT2D eigenvalue weighted by Crippen LogP contribution is 2.22. The highest BCUT2D eigenvalue weighted by molar-refractivity contribution is 5.20. The van der Waals surface area contributed by atoms with Gasteiger partial charge in [-0.2, -0.15) is 0 Å². The second-order valence-corrected chi connectivity index (χ2v) is 5.37. The van der Waals surface area contributed by atoms with Crippen molar-refractivity contribution in [3.63, 3.8) is 0 Å². The van der Waals surface area contributed by atoms with Gasteiger partial charge in [0.05, 0.1) is 19.3 Å². The SMILES string of the molecule is Cc1ccc(C(CO)N(CCO)Cc2ccc(F)c(F)c2)cn1. The van der Waals surface area contributed by atoms with E-state index >= 15 is 0 Å². The van der Waals surface area contributed by atoms with Gasteiger partial charge in [-0.15, -0.1) is 0 Å². The monoisotopic (exact) mass is 322 g/mol. The highest BCUT2D eigenvalue weighted by Gasteiger charge is 2.20. The first kappa shape index (κ1) is 17.5. The Morgan fingerprint density at radius 3 is 2.48 bits per heavy atom. The number of aryl methyl sites for hydroxylation is 1. The highest BCUT2D eigenvalue weighted by atomic mass is 19.2. The lowest BCUT2D eigenvalue weighted by molar-refractivity contribution is 0.0951. The van der Waals surface area contributed by atoms with Crippen molar-refractivity contribution in [2.75, 3.05) is 19.8 Å². The second kappa shape index (κ2) is 8.10. The summed E-state index contributed by atoms with van der Waals surface area (Å²) in [7, 11) is 0. The smallest absolute Gasteiger partial charge is 0.159 e. The van der Waals surface area contributed by atoms with E-state index in [1.165, 1.54) is 6.07 Å². The van der Waals surface area contributed by atoms with Crippen LogP contribution in [-0.4, -0.2) is 39.9 Å². The average Bonchev–Trinajstić information content (AvgIpc) is 2.53. The third kappa shape index (κ3) is 4.54. The van der Waals surface area contributed by atoms with E-state index in [-0.39, 0.29) is 32.3 Å². The van der Waals surface area contributed by atoms with Crippen molar-refractivity contribution in [2.45, 2.75) is 19.5 Å². The summed E-state index contributed by atoms with van der Waals surface area (Å²) in [5, 5.41) is 19.0. The molecule has 2 N–H and O–H groups in total. The molecule has 2 rings (SSSR count). The molecule has 1 heterocycles. The molecule has 6 heteroatoms. The van der Waals surface area contributed by atoms with Gasteiger partial charge in [0, 0.05) is 25.0 Å². The molecule has 0 spiro atoms. The van der Waals surface area contributed by atoms with Gasteiger partial charge < -0.3 is 10.2 Å². The summed E-state index contributed by atoms with van der Waals surface area (Å²) in [5.74, 6) is -1.81. The van der Waals surface area contributed by atoms with Gasteiger partial charge in [0.15, 0.2) is 11.6 Å². The number of hydrogen-bond acceptors (Lipinski definition) is 4. The van der Waals surface area contributed by atoms with Crippen LogP contribution in [-0.2, 0) is 6.54 Å². The normalized spacial score (nSPS) is 12.6. The van der Waals surface area contributed by atoms with Crippen LogP contribution in [0.2, 0.25) is 0 Å². The maximum Gasteiger partial charge on any atom is 0.159 e. The maximum absolute atomic E-state index is 13.4. The van der Waals surface area contributed by atoms with Crippen molar-refractivity contribution in [2.24, 2.45) is 0 Å². The van der Waals surface area contributed by atoms with Crippen molar-refractivity contribution < 1.29 is 19.0 Å². The Balaban J connectivity index is 2.23. The Bertz CT molecular complexity index is 635. The molecule has 0 radical (unpaired) electrons. The first-order valence-electron chi connectivity index (χ1n) is 7.37. The molecule has 0 aliphatic rings. The fourth-order valence-corrected chi connectivity index (χ4v) is 2.45. The van der Waals surface area contributed by atoms with E-state index in [1.807, 2.05) is 19.1 Å². The quantitative estimate of drug-likeness (QED) is 0.820. The van der Waals surface area contributed by atoms with E-state index in [9.17, 15) is 19.0 Å². The third-order valence-corrected chi connectivity index (χ3v) is 3.69. The lowest BCUT2D eigenvalue weighted by atomic mass is 10.1. The van der Waals surface area contributed by atoms with E-state index < -0.39 is 11.6 Å². The first-order valence-corrected chi connectivity index (χ1v) is 7.37. The number of halogens is 2. The first-order chi connectivity index (χ1) is 11.0. The van der Waals surface area contributed by atoms with Crippen LogP contribution in [0.4, 0.5) is 8.78 Å². The lowest BCUT2D eigenvalue weighted by Gasteiger charge is -2.30. The van der Waals surface area contributed by atoms with Gasteiger partial charge in [0.25, 0.3) is 0 Å². The molecular weight excluding hydrogens is 302 g/mol. The Labute approximate surface area is 134 Å². The zero-order chi connectivity index (χ0) is 16.8. The predicted molar refractivity (Wildman–Crippen MR) is 82.7 cm³/mol. The molecule has 0 aliphatic carbocycles. The van der Waals surface area contributed by atoms with E-state index in [1.54, 1.807) is 11.1 Å². The fraction of sp³-hybridized carbons (Fsp3) is 0.353. The topological polar surface area (TPSA) is 56.6 Å². The van der Waals surface area contributed by atoms with Crippen molar-refractivity contribution in [1.29, 1.82) is 0 Å². The van der Waals surface area contributed by atoms with Crippen LogP contribution >= 0.6 is 0 Å². The number of rotatable bonds is 7. The number of aliphatic hydroxyl groups excluding tert-OH is 2. The maximum atomic E-state index is 13.4. The van der Waals surface area contributed by atoms with Crippen LogP contribution < -0.4 is 0 Å². The number of aromatic nitrogens is 1. The minimum atomic E-state index is -0.913. The molecule has 1 aromatic heterocycles.